The lowest BCUT2D eigenvalue weighted by molar-refractivity contribution is 0.183. The Morgan fingerprint density at radius 1 is 1.29 bits per heavy atom. The molecule has 1 aromatic heterocycles. The minimum Gasteiger partial charge on any atom is -0.383 e. The maximum atomic E-state index is 11.7. The van der Waals surface area contributed by atoms with Gasteiger partial charge in [0.1, 0.15) is 5.82 Å². The van der Waals surface area contributed by atoms with Gasteiger partial charge in [-0.1, -0.05) is 0 Å². The Morgan fingerprint density at radius 3 is 2.52 bits per heavy atom. The number of primary sulfonamides is 1. The predicted octanol–water partition coefficient (Wildman–Crippen LogP) is 0.331. The van der Waals surface area contributed by atoms with Crippen LogP contribution in [0.2, 0.25) is 0 Å². The third-order valence-electron chi connectivity index (χ3n) is 5.55. The van der Waals surface area contributed by atoms with Gasteiger partial charge in [0.25, 0.3) is 15.2 Å². The summed E-state index contributed by atoms with van der Waals surface area (Å²) in [5.41, 5.74) is 0. The number of methoxy groups -OCH3 is 1. The van der Waals surface area contributed by atoms with Crippen LogP contribution in [-0.4, -0.2) is 36.9 Å². The van der Waals surface area contributed by atoms with Crippen molar-refractivity contribution in [1.82, 2.24) is 14.8 Å². The molecule has 4 rings (SSSR count). The third-order valence-corrected chi connectivity index (χ3v) is 6.36. The first-order chi connectivity index (χ1) is 10.0. The van der Waals surface area contributed by atoms with E-state index >= 15 is 0 Å². The number of nitrogens with two attached hydrogens (primary N) is 1. The van der Waals surface area contributed by atoms with Crippen molar-refractivity contribution < 1.29 is 13.2 Å². The molecule has 0 saturated heterocycles. The maximum absolute atomic E-state index is 11.7. The summed E-state index contributed by atoms with van der Waals surface area (Å²) in [6, 6.07) is 0. The van der Waals surface area contributed by atoms with Crippen LogP contribution in [0.4, 0.5) is 0 Å². The zero-order chi connectivity index (χ0) is 14.8. The first kappa shape index (κ1) is 13.7. The molecule has 116 valence electrons. The standard InChI is InChI=1S/C13H20N4O3S/c1-20-5-4-17-12(15-16-13(17)21(14,18)19)11-9-7-2-3-8(6-7)10(9)11/h7-11H,2-6H2,1H3,(H2,14,18,19). The van der Waals surface area contributed by atoms with Gasteiger partial charge in [-0.05, 0) is 42.9 Å². The van der Waals surface area contributed by atoms with Gasteiger partial charge in [-0.2, -0.15) is 0 Å². The molecule has 0 amide bonds. The minimum atomic E-state index is -3.85. The van der Waals surface area contributed by atoms with Crippen molar-refractivity contribution >= 4 is 10.0 Å². The zero-order valence-corrected chi connectivity index (χ0v) is 12.8. The van der Waals surface area contributed by atoms with E-state index in [0.29, 0.717) is 30.9 Å². The van der Waals surface area contributed by atoms with Gasteiger partial charge in [-0.25, -0.2) is 13.6 Å². The molecule has 0 radical (unpaired) electrons. The summed E-state index contributed by atoms with van der Waals surface area (Å²) in [7, 11) is -2.26. The number of hydrogen-bond donors (Lipinski definition) is 1. The number of sulfonamides is 1. The van der Waals surface area contributed by atoms with Crippen LogP contribution in [0.1, 0.15) is 31.0 Å². The molecule has 3 fully saturated rings. The van der Waals surface area contributed by atoms with Gasteiger partial charge in [0.2, 0.25) is 0 Å². The predicted molar refractivity (Wildman–Crippen MR) is 73.8 cm³/mol. The van der Waals surface area contributed by atoms with Crippen LogP contribution in [0.3, 0.4) is 0 Å². The smallest absolute Gasteiger partial charge is 0.273 e. The first-order valence-electron chi connectivity index (χ1n) is 7.47. The lowest BCUT2D eigenvalue weighted by Gasteiger charge is -2.11. The monoisotopic (exact) mass is 312 g/mol. The molecule has 3 aliphatic rings. The van der Waals surface area contributed by atoms with Gasteiger partial charge in [-0.3, -0.25) is 4.57 Å². The summed E-state index contributed by atoms with van der Waals surface area (Å²) in [5, 5.41) is 13.1. The molecule has 7 nitrogen and oxygen atoms in total. The summed E-state index contributed by atoms with van der Waals surface area (Å²) in [6.07, 6.45) is 3.98. The van der Waals surface area contributed by atoms with E-state index in [9.17, 15) is 8.42 Å². The summed E-state index contributed by atoms with van der Waals surface area (Å²) in [4.78, 5) is 0. The maximum Gasteiger partial charge on any atom is 0.273 e. The van der Waals surface area contributed by atoms with Crippen LogP contribution in [0, 0.1) is 23.7 Å². The number of aromatic nitrogens is 3. The lowest BCUT2D eigenvalue weighted by atomic mass is 10.0. The van der Waals surface area contributed by atoms with E-state index in [2.05, 4.69) is 10.2 Å². The van der Waals surface area contributed by atoms with E-state index in [0.717, 1.165) is 17.7 Å². The van der Waals surface area contributed by atoms with Gasteiger partial charge in [-0.15, -0.1) is 10.2 Å². The molecule has 2 N–H and O–H groups in total. The lowest BCUT2D eigenvalue weighted by Crippen LogP contribution is -2.21. The van der Waals surface area contributed by atoms with Gasteiger partial charge in [0, 0.05) is 19.6 Å². The van der Waals surface area contributed by atoms with Crippen LogP contribution in [-0.2, 0) is 21.3 Å². The average molecular weight is 312 g/mol. The van der Waals surface area contributed by atoms with Crippen LogP contribution in [0.15, 0.2) is 5.16 Å². The Hall–Kier alpha value is -0.990. The molecule has 8 heteroatoms. The molecule has 4 atom stereocenters. The third kappa shape index (κ3) is 1.96. The summed E-state index contributed by atoms with van der Waals surface area (Å²) in [5.74, 6) is 4.13. The van der Waals surface area contributed by atoms with Crippen molar-refractivity contribution in [3.63, 3.8) is 0 Å². The molecule has 4 unspecified atom stereocenters. The van der Waals surface area contributed by atoms with E-state index in [4.69, 9.17) is 9.88 Å². The molecule has 0 aromatic carbocycles. The van der Waals surface area contributed by atoms with Crippen molar-refractivity contribution in [2.75, 3.05) is 13.7 Å². The van der Waals surface area contributed by atoms with Gasteiger partial charge < -0.3 is 4.74 Å². The number of hydrogen-bond acceptors (Lipinski definition) is 5. The quantitative estimate of drug-likeness (QED) is 0.844. The fraction of sp³-hybridized carbons (Fsp3) is 0.846. The first-order valence-corrected chi connectivity index (χ1v) is 9.02. The number of ether oxygens (including phenoxy) is 1. The van der Waals surface area contributed by atoms with E-state index in [1.165, 1.54) is 19.3 Å². The average Bonchev–Trinajstić information content (AvgIpc) is 2.83. The van der Waals surface area contributed by atoms with Crippen LogP contribution >= 0.6 is 0 Å². The Morgan fingerprint density at radius 2 is 1.95 bits per heavy atom. The van der Waals surface area contributed by atoms with Crippen LogP contribution < -0.4 is 5.14 Å². The van der Waals surface area contributed by atoms with Gasteiger partial charge >= 0.3 is 0 Å². The highest BCUT2D eigenvalue weighted by molar-refractivity contribution is 7.89. The van der Waals surface area contributed by atoms with E-state index in [1.807, 2.05) is 0 Å². The second-order valence-electron chi connectivity index (χ2n) is 6.54. The molecule has 3 aliphatic carbocycles. The molecular weight excluding hydrogens is 292 g/mol. The van der Waals surface area contributed by atoms with Crippen LogP contribution in [0.25, 0.3) is 0 Å². The second-order valence-corrected chi connectivity index (χ2v) is 8.00. The van der Waals surface area contributed by atoms with Crippen molar-refractivity contribution in [2.45, 2.75) is 36.9 Å². The highest BCUT2D eigenvalue weighted by Gasteiger charge is 2.66. The summed E-state index contributed by atoms with van der Waals surface area (Å²) in [6.45, 7) is 0.846. The molecular formula is C13H20N4O3S. The fourth-order valence-corrected chi connectivity index (χ4v) is 5.47. The van der Waals surface area contributed by atoms with Gasteiger partial charge in [0.15, 0.2) is 0 Å². The van der Waals surface area contributed by atoms with E-state index < -0.39 is 10.0 Å². The van der Waals surface area contributed by atoms with Gasteiger partial charge in [0.05, 0.1) is 6.61 Å². The highest BCUT2D eigenvalue weighted by atomic mass is 32.2. The molecule has 1 aromatic rings. The molecule has 1 heterocycles. The number of fused-ring (bicyclic) bond motifs is 5. The summed E-state index contributed by atoms with van der Waals surface area (Å²) >= 11 is 0. The topological polar surface area (TPSA) is 100 Å². The minimum absolute atomic E-state index is 0.133. The van der Waals surface area contributed by atoms with Crippen LogP contribution in [0.5, 0.6) is 0 Å². The van der Waals surface area contributed by atoms with Crippen molar-refractivity contribution in [3.8, 4) is 0 Å². The van der Waals surface area contributed by atoms with Crippen molar-refractivity contribution in [2.24, 2.45) is 28.8 Å². The Balaban J connectivity index is 1.68. The molecule has 3 saturated carbocycles. The molecule has 21 heavy (non-hydrogen) atoms. The number of rotatable bonds is 5. The SMILES string of the molecule is COCCn1c(C2C3C4CCC(C4)C23)nnc1S(N)(=O)=O. The zero-order valence-electron chi connectivity index (χ0n) is 12.0. The Labute approximate surface area is 123 Å². The Kier molecular flexibility index (Phi) is 2.93. The Bertz CT molecular complexity index is 655. The van der Waals surface area contributed by atoms with E-state index in [1.54, 1.807) is 11.7 Å². The molecule has 0 spiro atoms. The van der Waals surface area contributed by atoms with E-state index in [-0.39, 0.29) is 5.16 Å². The molecule has 0 aliphatic heterocycles. The number of nitrogens with zero attached hydrogens (tertiary/aromatic N) is 3. The fourth-order valence-electron chi connectivity index (χ4n) is 4.82. The van der Waals surface area contributed by atoms with Crippen molar-refractivity contribution in [3.05, 3.63) is 5.82 Å². The molecule has 2 bridgehead atoms. The second kappa shape index (κ2) is 4.50. The van der Waals surface area contributed by atoms with Crippen molar-refractivity contribution in [1.29, 1.82) is 0 Å². The largest absolute Gasteiger partial charge is 0.383 e. The summed E-state index contributed by atoms with van der Waals surface area (Å²) < 4.78 is 30.1. The highest BCUT2D eigenvalue weighted by Crippen LogP contribution is 2.72. The normalized spacial score (nSPS) is 37.0.